The van der Waals surface area contributed by atoms with Gasteiger partial charge < -0.3 is 42.1 Å². The Bertz CT molecular complexity index is 570. The molecule has 0 aliphatic heterocycles. The van der Waals surface area contributed by atoms with Crippen molar-refractivity contribution in [1.29, 1.82) is 0 Å². The van der Waals surface area contributed by atoms with Gasteiger partial charge in [0.2, 0.25) is 11.8 Å². The van der Waals surface area contributed by atoms with Gasteiger partial charge in [-0.1, -0.05) is 0 Å². The Morgan fingerprint density at radius 1 is 0.714 bits per heavy atom. The summed E-state index contributed by atoms with van der Waals surface area (Å²) in [7, 11) is 0. The molecule has 28 heavy (non-hydrogen) atoms. The van der Waals surface area contributed by atoms with Crippen LogP contribution >= 0.6 is 0 Å². The maximum atomic E-state index is 12.0. The minimum absolute atomic E-state index is 0.984. The topological polar surface area (TPSA) is 232 Å². The molecule has 0 bridgehead atoms. The second-order valence-electron chi connectivity index (χ2n) is 7.76. The van der Waals surface area contributed by atoms with Crippen LogP contribution in [0.4, 0.5) is 0 Å². The van der Waals surface area contributed by atoms with Crippen LogP contribution in [0, 0.1) is 10.8 Å². The predicted octanol–water partition coefficient (Wildman–Crippen LogP) is -2.68. The van der Waals surface area contributed by atoms with Crippen LogP contribution in [-0.2, 0) is 9.59 Å². The Kier molecular flexibility index (Phi) is 7.84. The molecule has 0 radical (unpaired) electrons. The second-order valence-corrected chi connectivity index (χ2v) is 7.76. The smallest absolute Gasteiger partial charge is 0.228 e. The molecule has 6 atom stereocenters. The highest BCUT2D eigenvalue weighted by molar-refractivity contribution is 5.83. The van der Waals surface area contributed by atoms with Crippen molar-refractivity contribution in [3.8, 4) is 0 Å². The van der Waals surface area contributed by atoms with E-state index in [4.69, 9.17) is 11.5 Å². The molecule has 0 aromatic heterocycles. The van der Waals surface area contributed by atoms with Gasteiger partial charge in [0.15, 0.2) is 12.6 Å². The molecule has 0 aliphatic rings. The number of rotatable bonds is 10. The summed E-state index contributed by atoms with van der Waals surface area (Å²) in [5.74, 6) is -2.19. The first-order chi connectivity index (χ1) is 12.3. The van der Waals surface area contributed by atoms with Crippen molar-refractivity contribution < 1.29 is 40.2 Å². The third-order valence-corrected chi connectivity index (χ3v) is 6.22. The Labute approximate surface area is 162 Å². The third kappa shape index (κ3) is 4.02. The molecular weight excluding hydrogens is 376 g/mol. The van der Waals surface area contributed by atoms with Crippen LogP contribution < -0.4 is 11.5 Å². The summed E-state index contributed by atoms with van der Waals surface area (Å²) in [6, 6.07) is -2.43. The maximum Gasteiger partial charge on any atom is 0.228 e. The molecule has 164 valence electrons. The average Bonchev–Trinajstić information content (AvgIpc) is 2.56. The van der Waals surface area contributed by atoms with Crippen molar-refractivity contribution in [3.05, 3.63) is 0 Å². The van der Waals surface area contributed by atoms with Crippen LogP contribution in [0.15, 0.2) is 10.2 Å². The van der Waals surface area contributed by atoms with Crippen LogP contribution in [0.5, 0.6) is 0 Å². The zero-order chi connectivity index (χ0) is 22.9. The first-order valence-corrected chi connectivity index (χ1v) is 8.49. The predicted molar refractivity (Wildman–Crippen MR) is 96.1 cm³/mol. The monoisotopic (exact) mass is 408 g/mol. The largest absolute Gasteiger partial charge is 0.384 e. The molecule has 0 rings (SSSR count). The van der Waals surface area contributed by atoms with Crippen molar-refractivity contribution in [2.24, 2.45) is 32.5 Å². The van der Waals surface area contributed by atoms with E-state index in [-0.39, 0.29) is 0 Å². The van der Waals surface area contributed by atoms with Gasteiger partial charge in [0.1, 0.15) is 22.0 Å². The molecule has 0 aromatic carbocycles. The van der Waals surface area contributed by atoms with Gasteiger partial charge in [-0.25, -0.2) is 0 Å². The van der Waals surface area contributed by atoms with E-state index in [1.54, 1.807) is 0 Å². The number of nitrogens with two attached hydrogens (primary N) is 2. The number of amides is 2. The number of primary amides is 2. The molecule has 0 aromatic rings. The second kappa shape index (κ2) is 8.35. The highest BCUT2D eigenvalue weighted by Crippen LogP contribution is 2.41. The molecule has 0 fully saturated rings. The number of carbonyl (C=O) groups is 2. The summed E-state index contributed by atoms with van der Waals surface area (Å²) in [5, 5.41) is 66.2. The average molecular weight is 408 g/mol. The van der Waals surface area contributed by atoms with Crippen LogP contribution in [0.1, 0.15) is 41.5 Å². The molecule has 12 nitrogen and oxygen atoms in total. The molecule has 12 heteroatoms. The van der Waals surface area contributed by atoms with Gasteiger partial charge in [0.25, 0.3) is 0 Å². The lowest BCUT2D eigenvalue weighted by Crippen LogP contribution is -2.63. The van der Waals surface area contributed by atoms with Crippen molar-refractivity contribution in [2.45, 2.75) is 77.4 Å². The van der Waals surface area contributed by atoms with Crippen molar-refractivity contribution in [1.82, 2.24) is 0 Å². The summed E-state index contributed by atoms with van der Waals surface area (Å²) < 4.78 is 0. The molecule has 0 spiro atoms. The standard InChI is InChI=1S/C16H32N4O8/c1-7(13(3,9(17)21)15(5,27)11(23)24)19-20-8(2)14(4,10(18)22)16(6,28)12(25)26/h7-8,11-12,23-28H,1-6H3,(H2,17,21)(H2,18,22). The number of aliphatic hydroxyl groups excluding tert-OH is 2. The van der Waals surface area contributed by atoms with Gasteiger partial charge in [0.05, 0.1) is 12.1 Å². The van der Waals surface area contributed by atoms with E-state index in [9.17, 15) is 40.2 Å². The summed E-state index contributed by atoms with van der Waals surface area (Å²) in [6.45, 7) is 6.92. The summed E-state index contributed by atoms with van der Waals surface area (Å²) in [5.41, 5.74) is 1.89. The minimum atomic E-state index is -2.40. The van der Waals surface area contributed by atoms with Crippen LogP contribution in [0.25, 0.3) is 0 Å². The van der Waals surface area contributed by atoms with Gasteiger partial charge in [0, 0.05) is 0 Å². The molecule has 6 unspecified atom stereocenters. The van der Waals surface area contributed by atoms with E-state index in [1.807, 2.05) is 0 Å². The number of hydrogen-bond donors (Lipinski definition) is 8. The molecule has 0 saturated carbocycles. The van der Waals surface area contributed by atoms with Crippen LogP contribution in [0.2, 0.25) is 0 Å². The minimum Gasteiger partial charge on any atom is -0.384 e. The van der Waals surface area contributed by atoms with E-state index in [0.717, 1.165) is 27.7 Å². The van der Waals surface area contributed by atoms with Gasteiger partial charge in [-0.3, -0.25) is 9.59 Å². The zero-order valence-electron chi connectivity index (χ0n) is 16.9. The number of azo groups is 1. The third-order valence-electron chi connectivity index (χ3n) is 6.22. The van der Waals surface area contributed by atoms with E-state index in [1.165, 1.54) is 13.8 Å². The molecule has 10 N–H and O–H groups in total. The van der Waals surface area contributed by atoms with E-state index < -0.39 is 58.5 Å². The van der Waals surface area contributed by atoms with Crippen molar-refractivity contribution in [2.75, 3.05) is 0 Å². The van der Waals surface area contributed by atoms with Gasteiger partial charge >= 0.3 is 0 Å². The first kappa shape index (κ1) is 26.3. The van der Waals surface area contributed by atoms with Gasteiger partial charge in [-0.2, -0.15) is 10.2 Å². The first-order valence-electron chi connectivity index (χ1n) is 8.49. The summed E-state index contributed by atoms with van der Waals surface area (Å²) in [6.07, 6.45) is -4.66. The molecule has 0 aliphatic carbocycles. The maximum absolute atomic E-state index is 12.0. The highest BCUT2D eigenvalue weighted by Gasteiger charge is 2.58. The van der Waals surface area contributed by atoms with Crippen LogP contribution in [0.3, 0.4) is 0 Å². The quantitative estimate of drug-likeness (QED) is 0.140. The van der Waals surface area contributed by atoms with Crippen molar-refractivity contribution in [3.63, 3.8) is 0 Å². The number of hydrogen-bond acceptors (Lipinski definition) is 10. The lowest BCUT2D eigenvalue weighted by molar-refractivity contribution is -0.227. The fourth-order valence-corrected chi connectivity index (χ4v) is 2.72. The molecule has 0 heterocycles. The number of nitrogens with zero attached hydrogens (tertiary/aromatic N) is 2. The van der Waals surface area contributed by atoms with E-state index >= 15 is 0 Å². The molecule has 0 saturated heterocycles. The number of carbonyl (C=O) groups excluding carboxylic acids is 2. The van der Waals surface area contributed by atoms with Gasteiger partial charge in [-0.05, 0) is 41.5 Å². The normalized spacial score (nSPS) is 23.5. The lowest BCUT2D eigenvalue weighted by atomic mass is 9.68. The number of aliphatic hydroxyl groups is 6. The fraction of sp³-hybridized carbons (Fsp3) is 0.875. The Hall–Kier alpha value is -1.70. The van der Waals surface area contributed by atoms with E-state index in [2.05, 4.69) is 10.2 Å². The summed E-state index contributed by atoms with van der Waals surface area (Å²) in [4.78, 5) is 23.9. The zero-order valence-corrected chi connectivity index (χ0v) is 16.9. The SMILES string of the molecule is CC(N=NC(C)C(C)(C(N)=O)C(C)(O)C(O)O)C(C)(C(N)=O)C(C)(O)C(O)O. The highest BCUT2D eigenvalue weighted by atomic mass is 16.5. The Morgan fingerprint density at radius 2 is 0.929 bits per heavy atom. The Balaban J connectivity index is 6.11. The fourth-order valence-electron chi connectivity index (χ4n) is 2.72. The van der Waals surface area contributed by atoms with Crippen molar-refractivity contribution >= 4 is 11.8 Å². The lowest BCUT2D eigenvalue weighted by Gasteiger charge is -2.44. The molecule has 2 amide bonds. The molecular formula is C16H32N4O8. The Morgan fingerprint density at radius 3 is 1.07 bits per heavy atom. The van der Waals surface area contributed by atoms with E-state index in [0.29, 0.717) is 0 Å². The van der Waals surface area contributed by atoms with Crippen LogP contribution in [-0.4, -0.2) is 78.3 Å². The van der Waals surface area contributed by atoms with Gasteiger partial charge in [-0.15, -0.1) is 0 Å². The summed E-state index contributed by atoms with van der Waals surface area (Å²) >= 11 is 0.